The van der Waals surface area contributed by atoms with E-state index >= 15 is 0 Å². The van der Waals surface area contributed by atoms with Gasteiger partial charge in [0.05, 0.1) is 0 Å². The molecule has 1 aliphatic rings. The Kier molecular flexibility index (Phi) is 6.50. The smallest absolute Gasteiger partial charge is 0.0105 e. The van der Waals surface area contributed by atoms with Gasteiger partial charge in [-0.3, -0.25) is 0 Å². The molecule has 0 heterocycles. The summed E-state index contributed by atoms with van der Waals surface area (Å²) in [7, 11) is 2.13. The van der Waals surface area contributed by atoms with Crippen molar-refractivity contribution in [2.75, 3.05) is 26.7 Å². The third-order valence-corrected chi connectivity index (χ3v) is 4.18. The summed E-state index contributed by atoms with van der Waals surface area (Å²) in [6.07, 6.45) is 4.17. The predicted molar refractivity (Wildman–Crippen MR) is 76.3 cm³/mol. The molecule has 1 aliphatic carbocycles. The SMILES string of the molecule is CCN(CC(C)C)CC1CC(C)CCC1NC. The van der Waals surface area contributed by atoms with Crippen molar-refractivity contribution in [1.82, 2.24) is 10.2 Å². The largest absolute Gasteiger partial charge is 0.317 e. The Balaban J connectivity index is 2.49. The van der Waals surface area contributed by atoms with Gasteiger partial charge in [0.2, 0.25) is 0 Å². The average molecular weight is 240 g/mol. The predicted octanol–water partition coefficient (Wildman–Crippen LogP) is 2.99. The Morgan fingerprint density at radius 2 is 2.00 bits per heavy atom. The van der Waals surface area contributed by atoms with Crippen LogP contribution in [-0.2, 0) is 0 Å². The van der Waals surface area contributed by atoms with E-state index in [2.05, 4.69) is 45.0 Å². The lowest BCUT2D eigenvalue weighted by Crippen LogP contribution is -2.45. The van der Waals surface area contributed by atoms with E-state index in [1.54, 1.807) is 0 Å². The molecule has 0 aromatic carbocycles. The van der Waals surface area contributed by atoms with Gasteiger partial charge in [0.25, 0.3) is 0 Å². The first-order valence-corrected chi connectivity index (χ1v) is 7.46. The topological polar surface area (TPSA) is 15.3 Å². The van der Waals surface area contributed by atoms with Gasteiger partial charge in [0.1, 0.15) is 0 Å². The molecule has 0 amide bonds. The molecule has 102 valence electrons. The van der Waals surface area contributed by atoms with Gasteiger partial charge in [0.15, 0.2) is 0 Å². The Hall–Kier alpha value is -0.0800. The molecule has 0 aromatic rings. The van der Waals surface area contributed by atoms with E-state index in [0.717, 1.165) is 23.8 Å². The highest BCUT2D eigenvalue weighted by atomic mass is 15.1. The van der Waals surface area contributed by atoms with Crippen LogP contribution in [0.4, 0.5) is 0 Å². The first-order valence-electron chi connectivity index (χ1n) is 7.46. The van der Waals surface area contributed by atoms with E-state index in [1.165, 1.54) is 38.9 Å². The third-order valence-electron chi connectivity index (χ3n) is 4.18. The van der Waals surface area contributed by atoms with Gasteiger partial charge in [0, 0.05) is 19.1 Å². The number of hydrogen-bond acceptors (Lipinski definition) is 2. The molecule has 2 heteroatoms. The van der Waals surface area contributed by atoms with E-state index < -0.39 is 0 Å². The summed E-state index contributed by atoms with van der Waals surface area (Å²) in [6.45, 7) is 13.1. The second kappa shape index (κ2) is 7.38. The zero-order valence-corrected chi connectivity index (χ0v) is 12.5. The summed E-state index contributed by atoms with van der Waals surface area (Å²) in [6, 6.07) is 0.743. The molecule has 0 spiro atoms. The number of rotatable bonds is 6. The quantitative estimate of drug-likeness (QED) is 0.768. The second-order valence-corrected chi connectivity index (χ2v) is 6.32. The molecule has 17 heavy (non-hydrogen) atoms. The van der Waals surface area contributed by atoms with Gasteiger partial charge in [-0.25, -0.2) is 0 Å². The van der Waals surface area contributed by atoms with Crippen molar-refractivity contribution in [3.8, 4) is 0 Å². The van der Waals surface area contributed by atoms with Crippen LogP contribution in [0.15, 0.2) is 0 Å². The molecule has 1 N–H and O–H groups in total. The Labute approximate surface area is 108 Å². The van der Waals surface area contributed by atoms with Crippen molar-refractivity contribution in [2.45, 2.75) is 53.0 Å². The summed E-state index contributed by atoms with van der Waals surface area (Å²) in [5.41, 5.74) is 0. The van der Waals surface area contributed by atoms with Crippen LogP contribution in [0.3, 0.4) is 0 Å². The molecule has 1 saturated carbocycles. The molecule has 1 fully saturated rings. The van der Waals surface area contributed by atoms with E-state index in [-0.39, 0.29) is 0 Å². The zero-order valence-electron chi connectivity index (χ0n) is 12.5. The van der Waals surface area contributed by atoms with E-state index in [9.17, 15) is 0 Å². The van der Waals surface area contributed by atoms with Crippen LogP contribution in [-0.4, -0.2) is 37.6 Å². The molecule has 0 saturated heterocycles. The maximum atomic E-state index is 3.53. The minimum Gasteiger partial charge on any atom is -0.317 e. The van der Waals surface area contributed by atoms with Crippen molar-refractivity contribution in [2.24, 2.45) is 17.8 Å². The Morgan fingerprint density at radius 3 is 2.53 bits per heavy atom. The molecule has 1 rings (SSSR count). The molecular formula is C15H32N2. The lowest BCUT2D eigenvalue weighted by atomic mass is 9.78. The summed E-state index contributed by atoms with van der Waals surface area (Å²) in [4.78, 5) is 2.64. The Morgan fingerprint density at radius 1 is 1.29 bits per heavy atom. The van der Waals surface area contributed by atoms with Gasteiger partial charge >= 0.3 is 0 Å². The highest BCUT2D eigenvalue weighted by Crippen LogP contribution is 2.29. The molecule has 0 aromatic heterocycles. The molecule has 0 aliphatic heterocycles. The van der Waals surface area contributed by atoms with Crippen LogP contribution >= 0.6 is 0 Å². The summed E-state index contributed by atoms with van der Waals surface area (Å²) in [5.74, 6) is 2.55. The minimum absolute atomic E-state index is 0.743. The number of hydrogen-bond donors (Lipinski definition) is 1. The van der Waals surface area contributed by atoms with Crippen molar-refractivity contribution < 1.29 is 0 Å². The summed E-state index contributed by atoms with van der Waals surface area (Å²) >= 11 is 0. The van der Waals surface area contributed by atoms with Gasteiger partial charge < -0.3 is 10.2 Å². The van der Waals surface area contributed by atoms with Crippen LogP contribution in [0.5, 0.6) is 0 Å². The van der Waals surface area contributed by atoms with Crippen LogP contribution in [0.1, 0.15) is 47.0 Å². The summed E-state index contributed by atoms with van der Waals surface area (Å²) in [5, 5.41) is 3.53. The van der Waals surface area contributed by atoms with Crippen LogP contribution < -0.4 is 5.32 Å². The molecular weight excluding hydrogens is 208 g/mol. The normalized spacial score (nSPS) is 30.2. The van der Waals surface area contributed by atoms with Gasteiger partial charge in [-0.05, 0) is 50.6 Å². The zero-order chi connectivity index (χ0) is 12.8. The first kappa shape index (κ1) is 15.0. The monoisotopic (exact) mass is 240 g/mol. The standard InChI is InChI=1S/C15H32N2/c1-6-17(10-12(2)3)11-14-9-13(4)7-8-15(14)16-5/h12-16H,6-11H2,1-5H3. The van der Waals surface area contributed by atoms with Crippen molar-refractivity contribution in [1.29, 1.82) is 0 Å². The molecule has 2 nitrogen and oxygen atoms in total. The molecule has 3 unspecified atom stereocenters. The van der Waals surface area contributed by atoms with Gasteiger partial charge in [-0.2, -0.15) is 0 Å². The number of nitrogens with one attached hydrogen (secondary N) is 1. The highest BCUT2D eigenvalue weighted by Gasteiger charge is 2.28. The average Bonchev–Trinajstić information content (AvgIpc) is 2.28. The highest BCUT2D eigenvalue weighted by molar-refractivity contribution is 4.84. The molecule has 0 radical (unpaired) electrons. The van der Waals surface area contributed by atoms with Crippen molar-refractivity contribution >= 4 is 0 Å². The maximum Gasteiger partial charge on any atom is 0.0105 e. The van der Waals surface area contributed by atoms with E-state index in [1.807, 2.05) is 0 Å². The lowest BCUT2D eigenvalue weighted by Gasteiger charge is -2.38. The maximum absolute atomic E-state index is 3.53. The van der Waals surface area contributed by atoms with Crippen molar-refractivity contribution in [3.63, 3.8) is 0 Å². The molecule has 3 atom stereocenters. The fourth-order valence-corrected chi connectivity index (χ4v) is 3.26. The van der Waals surface area contributed by atoms with E-state index in [0.29, 0.717) is 0 Å². The lowest BCUT2D eigenvalue weighted by molar-refractivity contribution is 0.143. The van der Waals surface area contributed by atoms with Crippen LogP contribution in [0.25, 0.3) is 0 Å². The Bertz CT molecular complexity index is 203. The van der Waals surface area contributed by atoms with E-state index in [4.69, 9.17) is 0 Å². The minimum atomic E-state index is 0.743. The number of nitrogens with zero attached hydrogens (tertiary/aromatic N) is 1. The molecule has 0 bridgehead atoms. The van der Waals surface area contributed by atoms with Crippen molar-refractivity contribution in [3.05, 3.63) is 0 Å². The fourth-order valence-electron chi connectivity index (χ4n) is 3.26. The third kappa shape index (κ3) is 4.97. The van der Waals surface area contributed by atoms with Crippen LogP contribution in [0.2, 0.25) is 0 Å². The fraction of sp³-hybridized carbons (Fsp3) is 1.00. The van der Waals surface area contributed by atoms with Gasteiger partial charge in [-0.15, -0.1) is 0 Å². The van der Waals surface area contributed by atoms with Gasteiger partial charge in [-0.1, -0.05) is 27.7 Å². The second-order valence-electron chi connectivity index (χ2n) is 6.32. The summed E-state index contributed by atoms with van der Waals surface area (Å²) < 4.78 is 0. The first-order chi connectivity index (χ1) is 8.06. The van der Waals surface area contributed by atoms with Crippen LogP contribution in [0, 0.1) is 17.8 Å².